The first-order chi connectivity index (χ1) is 26.1. The number of rotatable bonds is 40. The third-order valence-electron chi connectivity index (χ3n) is 9.53. The molecule has 53 heavy (non-hydrogen) atoms. The van der Waals surface area contributed by atoms with E-state index in [4.69, 9.17) is 9.47 Å². The Morgan fingerprint density at radius 1 is 0.453 bits per heavy atom. The fraction of sp³-hybridized carbons (Fsp3) is 0.750. The van der Waals surface area contributed by atoms with Crippen molar-refractivity contribution < 1.29 is 24.2 Å². The van der Waals surface area contributed by atoms with Gasteiger partial charge in [-0.05, 0) is 70.6 Å². The summed E-state index contributed by atoms with van der Waals surface area (Å²) in [5.41, 5.74) is 0. The Morgan fingerprint density at radius 3 is 1.25 bits per heavy atom. The van der Waals surface area contributed by atoms with Crippen molar-refractivity contribution in [3.05, 3.63) is 60.8 Å². The van der Waals surface area contributed by atoms with Crippen LogP contribution in [0.4, 0.5) is 0 Å². The molecule has 306 valence electrons. The molecule has 0 amide bonds. The molecule has 0 radical (unpaired) electrons. The Labute approximate surface area is 328 Å². The van der Waals surface area contributed by atoms with E-state index < -0.39 is 6.10 Å². The second-order valence-corrected chi connectivity index (χ2v) is 14.7. The van der Waals surface area contributed by atoms with Gasteiger partial charge in [-0.3, -0.25) is 9.59 Å². The number of aliphatic hydroxyl groups excluding tert-OH is 1. The molecule has 0 heterocycles. The van der Waals surface area contributed by atoms with Crippen molar-refractivity contribution in [2.75, 3.05) is 13.2 Å². The minimum atomic E-state index is -0.773. The lowest BCUT2D eigenvalue weighted by molar-refractivity contribution is -0.161. The number of carbonyl (C=O) groups excluding carboxylic acids is 2. The molecule has 0 rings (SSSR count). The lowest BCUT2D eigenvalue weighted by atomic mass is 10.0. The Hall–Kier alpha value is -2.40. The van der Waals surface area contributed by atoms with Crippen LogP contribution in [0.15, 0.2) is 60.8 Å². The first-order valence-corrected chi connectivity index (χ1v) is 22.3. The van der Waals surface area contributed by atoms with E-state index in [9.17, 15) is 14.7 Å². The van der Waals surface area contributed by atoms with Gasteiger partial charge in [0.25, 0.3) is 0 Å². The molecule has 1 N–H and O–H groups in total. The van der Waals surface area contributed by atoms with Crippen molar-refractivity contribution in [2.45, 2.75) is 219 Å². The molecule has 0 fully saturated rings. The van der Waals surface area contributed by atoms with Gasteiger partial charge < -0.3 is 14.6 Å². The summed E-state index contributed by atoms with van der Waals surface area (Å²) in [5.74, 6) is -0.602. The number of esters is 2. The largest absolute Gasteiger partial charge is 0.462 e. The summed E-state index contributed by atoms with van der Waals surface area (Å²) < 4.78 is 10.6. The van der Waals surface area contributed by atoms with Gasteiger partial charge >= 0.3 is 11.9 Å². The highest BCUT2D eigenvalue weighted by atomic mass is 16.6. The summed E-state index contributed by atoms with van der Waals surface area (Å²) in [6, 6.07) is 0. The molecule has 5 nitrogen and oxygen atoms in total. The maximum atomic E-state index is 12.2. The Kier molecular flexibility index (Phi) is 42.0. The van der Waals surface area contributed by atoms with Gasteiger partial charge in [-0.15, -0.1) is 0 Å². The fourth-order valence-corrected chi connectivity index (χ4v) is 6.20. The second kappa shape index (κ2) is 44.0. The molecule has 1 unspecified atom stereocenters. The van der Waals surface area contributed by atoms with Crippen LogP contribution in [0.2, 0.25) is 0 Å². The van der Waals surface area contributed by atoms with Crippen LogP contribution in [0.3, 0.4) is 0 Å². The van der Waals surface area contributed by atoms with E-state index in [1.807, 2.05) is 0 Å². The van der Waals surface area contributed by atoms with Crippen LogP contribution >= 0.6 is 0 Å². The zero-order valence-corrected chi connectivity index (χ0v) is 34.8. The highest BCUT2D eigenvalue weighted by Crippen LogP contribution is 2.15. The van der Waals surface area contributed by atoms with Crippen molar-refractivity contribution in [3.8, 4) is 0 Å². The van der Waals surface area contributed by atoms with Gasteiger partial charge in [0.2, 0.25) is 0 Å². The van der Waals surface area contributed by atoms with Crippen LogP contribution in [-0.2, 0) is 19.1 Å². The maximum Gasteiger partial charge on any atom is 0.306 e. The lowest BCUT2D eigenvalue weighted by Gasteiger charge is -2.15. The van der Waals surface area contributed by atoms with Crippen molar-refractivity contribution in [1.29, 1.82) is 0 Å². The van der Waals surface area contributed by atoms with Crippen molar-refractivity contribution in [1.82, 2.24) is 0 Å². The molecule has 0 saturated heterocycles. The Morgan fingerprint density at radius 2 is 0.811 bits per heavy atom. The summed E-state index contributed by atoms with van der Waals surface area (Å²) in [7, 11) is 0. The quantitative estimate of drug-likeness (QED) is 0.0385. The molecule has 0 aromatic heterocycles. The molecule has 0 aromatic carbocycles. The number of unbranched alkanes of at least 4 members (excludes halogenated alkanes) is 22. The summed E-state index contributed by atoms with van der Waals surface area (Å²) in [6.45, 7) is 3.96. The highest BCUT2D eigenvalue weighted by Gasteiger charge is 2.16. The number of ether oxygens (including phenoxy) is 2. The molecule has 0 spiro atoms. The summed E-state index contributed by atoms with van der Waals surface area (Å²) >= 11 is 0. The van der Waals surface area contributed by atoms with Gasteiger partial charge in [0.1, 0.15) is 6.61 Å². The van der Waals surface area contributed by atoms with E-state index in [-0.39, 0.29) is 25.2 Å². The predicted molar refractivity (Wildman–Crippen MR) is 228 cm³/mol. The zero-order valence-electron chi connectivity index (χ0n) is 34.8. The van der Waals surface area contributed by atoms with Gasteiger partial charge in [-0.2, -0.15) is 0 Å². The molecule has 0 bridgehead atoms. The summed E-state index contributed by atoms with van der Waals surface area (Å²) in [4.78, 5) is 24.2. The monoisotopic (exact) mass is 741 g/mol. The second-order valence-electron chi connectivity index (χ2n) is 14.7. The van der Waals surface area contributed by atoms with Crippen LogP contribution in [0.5, 0.6) is 0 Å². The van der Waals surface area contributed by atoms with E-state index in [1.54, 1.807) is 0 Å². The third kappa shape index (κ3) is 42.2. The smallest absolute Gasteiger partial charge is 0.306 e. The van der Waals surface area contributed by atoms with Gasteiger partial charge in [-0.1, -0.05) is 190 Å². The van der Waals surface area contributed by atoms with Crippen LogP contribution in [0.1, 0.15) is 213 Å². The highest BCUT2D eigenvalue weighted by molar-refractivity contribution is 5.70. The van der Waals surface area contributed by atoms with Crippen molar-refractivity contribution >= 4 is 11.9 Å². The molecule has 1 atom stereocenters. The summed E-state index contributed by atoms with van der Waals surface area (Å²) in [6.07, 6.45) is 57.4. The maximum absolute atomic E-state index is 12.2. The number of carbonyl (C=O) groups is 2. The number of allylic oxidation sites excluding steroid dienone is 10. The minimum Gasteiger partial charge on any atom is -0.462 e. The minimum absolute atomic E-state index is 0.0701. The Bertz CT molecular complexity index is 930. The van der Waals surface area contributed by atoms with Gasteiger partial charge in [0.15, 0.2) is 6.10 Å². The lowest BCUT2D eigenvalue weighted by Crippen LogP contribution is -2.28. The SMILES string of the molecule is CC/C=C\C/C=C\C/C=C\C/C=C\CCCCCCCCCCCCCCCCCCC(=O)OC(CO)COC(=O)CCCCCCC/C=C\CCC. The molecule has 0 aliphatic rings. The average Bonchev–Trinajstić information content (AvgIpc) is 3.16. The fourth-order valence-electron chi connectivity index (χ4n) is 6.20. The summed E-state index contributed by atoms with van der Waals surface area (Å²) in [5, 5.41) is 9.56. The van der Waals surface area contributed by atoms with E-state index in [2.05, 4.69) is 74.6 Å². The standard InChI is InChI=1S/C48H84O5/c1-3-5-7-9-11-13-15-16-17-18-19-20-21-22-23-24-25-26-27-28-29-30-31-32-33-35-37-39-41-43-48(51)53-46(44-49)45-52-47(50)42-40-38-36-34-14-12-10-8-6-4-2/h5,7-8,10-11,13,16-17,19-20,46,49H,3-4,6,9,12,14-15,18,21-45H2,1-2H3/b7-5-,10-8-,13-11-,17-16-,20-19-. The van der Waals surface area contributed by atoms with Crippen molar-refractivity contribution in [2.24, 2.45) is 0 Å². The van der Waals surface area contributed by atoms with E-state index in [0.717, 1.165) is 77.0 Å². The number of hydrogen-bond donors (Lipinski definition) is 1. The molecule has 0 saturated carbocycles. The van der Waals surface area contributed by atoms with E-state index in [0.29, 0.717) is 12.8 Å². The number of aliphatic hydroxyl groups is 1. The van der Waals surface area contributed by atoms with Gasteiger partial charge in [-0.25, -0.2) is 0 Å². The normalized spacial score (nSPS) is 12.7. The van der Waals surface area contributed by atoms with E-state index in [1.165, 1.54) is 109 Å². The molecular formula is C48H84O5. The first kappa shape index (κ1) is 50.6. The molecular weight excluding hydrogens is 657 g/mol. The molecule has 0 aromatic rings. The average molecular weight is 741 g/mol. The predicted octanol–water partition coefficient (Wildman–Crippen LogP) is 14.3. The first-order valence-electron chi connectivity index (χ1n) is 22.3. The number of hydrogen-bond acceptors (Lipinski definition) is 5. The third-order valence-corrected chi connectivity index (χ3v) is 9.53. The zero-order chi connectivity index (χ0) is 38.6. The van der Waals surface area contributed by atoms with E-state index >= 15 is 0 Å². The molecule has 0 aliphatic heterocycles. The Balaban J connectivity index is 3.46. The molecule has 0 aliphatic carbocycles. The van der Waals surface area contributed by atoms with Crippen LogP contribution in [0, 0.1) is 0 Å². The van der Waals surface area contributed by atoms with Crippen LogP contribution in [-0.4, -0.2) is 36.4 Å². The van der Waals surface area contributed by atoms with Crippen LogP contribution in [0.25, 0.3) is 0 Å². The van der Waals surface area contributed by atoms with Crippen LogP contribution < -0.4 is 0 Å². The van der Waals surface area contributed by atoms with Gasteiger partial charge in [0, 0.05) is 12.8 Å². The molecule has 5 heteroatoms. The topological polar surface area (TPSA) is 72.8 Å². The van der Waals surface area contributed by atoms with Gasteiger partial charge in [0.05, 0.1) is 6.61 Å². The van der Waals surface area contributed by atoms with Crippen molar-refractivity contribution in [3.63, 3.8) is 0 Å².